The molecule has 0 saturated heterocycles. The molecule has 0 N–H and O–H groups in total. The molecular weight excluding hydrogens is 146 g/mol. The fraction of sp³-hybridized carbons (Fsp3) is 0.364. The number of allylic oxidation sites excluding steroid dienone is 1. The van der Waals surface area contributed by atoms with Crippen molar-refractivity contribution in [3.8, 4) is 0 Å². The molecule has 1 aliphatic carbocycles. The largest absolute Gasteiger partial charge is 0.264 e. The lowest BCUT2D eigenvalue weighted by Crippen LogP contribution is -1.88. The second-order valence-electron chi connectivity index (χ2n) is 3.22. The van der Waals surface area contributed by atoms with Crippen molar-refractivity contribution in [1.29, 1.82) is 0 Å². The summed E-state index contributed by atoms with van der Waals surface area (Å²) in [4.78, 5) is 4.22. The molecule has 0 aromatic carbocycles. The van der Waals surface area contributed by atoms with Crippen molar-refractivity contribution in [3.63, 3.8) is 0 Å². The monoisotopic (exact) mass is 159 g/mol. The molecule has 1 nitrogen and oxygen atoms in total. The maximum Gasteiger partial charge on any atom is 0.0343 e. The third-order valence-electron chi connectivity index (χ3n) is 2.40. The molecule has 0 spiro atoms. The first-order chi connectivity index (χ1) is 5.92. The van der Waals surface area contributed by atoms with Gasteiger partial charge in [0.15, 0.2) is 0 Å². The van der Waals surface area contributed by atoms with E-state index < -0.39 is 0 Å². The molecule has 0 bridgehead atoms. The van der Waals surface area contributed by atoms with Crippen LogP contribution in [0.3, 0.4) is 0 Å². The van der Waals surface area contributed by atoms with E-state index in [9.17, 15) is 0 Å². The number of aromatic nitrogens is 1. The first-order valence-electron chi connectivity index (χ1n) is 4.50. The molecule has 0 saturated carbocycles. The van der Waals surface area contributed by atoms with Crippen LogP contribution in [0.5, 0.6) is 0 Å². The molecule has 0 aliphatic heterocycles. The smallest absolute Gasteiger partial charge is 0.0343 e. The predicted molar refractivity (Wildman–Crippen MR) is 51.0 cm³/mol. The topological polar surface area (TPSA) is 12.9 Å². The number of hydrogen-bond acceptors (Lipinski definition) is 1. The van der Waals surface area contributed by atoms with E-state index in [1.165, 1.54) is 36.0 Å². The Morgan fingerprint density at radius 1 is 1.33 bits per heavy atom. The Hall–Kier alpha value is -1.11. The predicted octanol–water partition coefficient (Wildman–Crippen LogP) is 2.60. The molecule has 0 fully saturated rings. The highest BCUT2D eigenvalue weighted by Gasteiger charge is 2.12. The van der Waals surface area contributed by atoms with Crippen molar-refractivity contribution in [3.05, 3.63) is 35.2 Å². The summed E-state index contributed by atoms with van der Waals surface area (Å²) in [6, 6.07) is 0. The molecule has 0 radical (unpaired) electrons. The Kier molecular flexibility index (Phi) is 1.94. The second-order valence-corrected chi connectivity index (χ2v) is 3.22. The van der Waals surface area contributed by atoms with E-state index >= 15 is 0 Å². The molecule has 1 heteroatoms. The van der Waals surface area contributed by atoms with Crippen molar-refractivity contribution in [1.82, 2.24) is 4.98 Å². The van der Waals surface area contributed by atoms with Gasteiger partial charge in [-0.1, -0.05) is 12.2 Å². The fourth-order valence-corrected chi connectivity index (χ4v) is 1.85. The molecule has 0 atom stereocenters. The van der Waals surface area contributed by atoms with Crippen LogP contribution in [0.15, 0.2) is 18.5 Å². The van der Waals surface area contributed by atoms with Crippen LogP contribution < -0.4 is 0 Å². The number of aryl methyl sites for hydroxylation is 1. The molecule has 0 amide bonds. The van der Waals surface area contributed by atoms with Crippen molar-refractivity contribution in [2.45, 2.75) is 26.2 Å². The highest BCUT2D eigenvalue weighted by atomic mass is 14.6. The Labute approximate surface area is 73.1 Å². The molecule has 12 heavy (non-hydrogen) atoms. The van der Waals surface area contributed by atoms with E-state index in [0.717, 1.165) is 0 Å². The lowest BCUT2D eigenvalue weighted by atomic mass is 10.1. The van der Waals surface area contributed by atoms with E-state index in [0.29, 0.717) is 0 Å². The van der Waals surface area contributed by atoms with Crippen molar-refractivity contribution < 1.29 is 0 Å². The standard InChI is InChI=1S/C11H13N/c1-2-4-9-7-12-8-10-5-3-6-11(9)10/h2,4,7-8H,3,5-6H2,1H3/b4-2+. The van der Waals surface area contributed by atoms with Gasteiger partial charge in [0, 0.05) is 12.4 Å². The molecule has 1 aromatic heterocycles. The summed E-state index contributed by atoms with van der Waals surface area (Å²) in [6.45, 7) is 2.05. The van der Waals surface area contributed by atoms with Crippen LogP contribution in [0.4, 0.5) is 0 Å². The van der Waals surface area contributed by atoms with Crippen LogP contribution in [0, 0.1) is 0 Å². The fourth-order valence-electron chi connectivity index (χ4n) is 1.85. The maximum absolute atomic E-state index is 4.22. The number of rotatable bonds is 1. The highest BCUT2D eigenvalue weighted by molar-refractivity contribution is 5.55. The summed E-state index contributed by atoms with van der Waals surface area (Å²) in [6.07, 6.45) is 11.9. The Balaban J connectivity index is 2.49. The third kappa shape index (κ3) is 1.15. The van der Waals surface area contributed by atoms with Gasteiger partial charge in [0.2, 0.25) is 0 Å². The Morgan fingerprint density at radius 2 is 2.25 bits per heavy atom. The van der Waals surface area contributed by atoms with Gasteiger partial charge in [-0.05, 0) is 42.9 Å². The molecule has 2 rings (SSSR count). The van der Waals surface area contributed by atoms with Gasteiger partial charge < -0.3 is 0 Å². The summed E-state index contributed by atoms with van der Waals surface area (Å²) >= 11 is 0. The molecule has 1 aliphatic rings. The van der Waals surface area contributed by atoms with Crippen LogP contribution in [-0.2, 0) is 12.8 Å². The Bertz CT molecular complexity index is 313. The van der Waals surface area contributed by atoms with Gasteiger partial charge in [0.25, 0.3) is 0 Å². The minimum atomic E-state index is 1.22. The Morgan fingerprint density at radius 3 is 3.08 bits per heavy atom. The van der Waals surface area contributed by atoms with Crippen molar-refractivity contribution in [2.24, 2.45) is 0 Å². The minimum absolute atomic E-state index is 1.22. The van der Waals surface area contributed by atoms with Gasteiger partial charge in [0.05, 0.1) is 0 Å². The average Bonchev–Trinajstić information content (AvgIpc) is 2.53. The van der Waals surface area contributed by atoms with Gasteiger partial charge >= 0.3 is 0 Å². The average molecular weight is 159 g/mol. The van der Waals surface area contributed by atoms with E-state index in [4.69, 9.17) is 0 Å². The number of hydrogen-bond donors (Lipinski definition) is 0. The van der Waals surface area contributed by atoms with Gasteiger partial charge in [-0.3, -0.25) is 4.98 Å². The van der Waals surface area contributed by atoms with Crippen molar-refractivity contribution >= 4 is 6.08 Å². The minimum Gasteiger partial charge on any atom is -0.264 e. The van der Waals surface area contributed by atoms with Gasteiger partial charge in [0.1, 0.15) is 0 Å². The second kappa shape index (κ2) is 3.10. The third-order valence-corrected chi connectivity index (χ3v) is 2.40. The van der Waals surface area contributed by atoms with E-state index in [1.54, 1.807) is 0 Å². The summed E-state index contributed by atoms with van der Waals surface area (Å²) in [5.41, 5.74) is 4.28. The first-order valence-corrected chi connectivity index (χ1v) is 4.50. The normalized spacial score (nSPS) is 15.4. The van der Waals surface area contributed by atoms with Crippen LogP contribution in [0.25, 0.3) is 6.08 Å². The molecule has 1 heterocycles. The summed E-state index contributed by atoms with van der Waals surface area (Å²) in [5, 5.41) is 0. The zero-order valence-electron chi connectivity index (χ0n) is 7.38. The summed E-state index contributed by atoms with van der Waals surface area (Å²) in [5.74, 6) is 0. The van der Waals surface area contributed by atoms with Crippen LogP contribution in [0.1, 0.15) is 30.0 Å². The SMILES string of the molecule is C/C=C/c1cncc2c1CCC2. The zero-order chi connectivity index (χ0) is 8.39. The number of nitrogens with zero attached hydrogens (tertiary/aromatic N) is 1. The zero-order valence-corrected chi connectivity index (χ0v) is 7.38. The first kappa shape index (κ1) is 7.53. The molecule has 62 valence electrons. The van der Waals surface area contributed by atoms with E-state index in [-0.39, 0.29) is 0 Å². The molecule has 1 aromatic rings. The summed E-state index contributed by atoms with van der Waals surface area (Å²) < 4.78 is 0. The molecule has 0 unspecified atom stereocenters. The number of pyridine rings is 1. The van der Waals surface area contributed by atoms with Gasteiger partial charge in [-0.2, -0.15) is 0 Å². The highest BCUT2D eigenvalue weighted by Crippen LogP contribution is 2.24. The van der Waals surface area contributed by atoms with Crippen LogP contribution in [-0.4, -0.2) is 4.98 Å². The van der Waals surface area contributed by atoms with E-state index in [2.05, 4.69) is 17.1 Å². The van der Waals surface area contributed by atoms with Crippen molar-refractivity contribution in [2.75, 3.05) is 0 Å². The summed E-state index contributed by atoms with van der Waals surface area (Å²) in [7, 11) is 0. The lowest BCUT2D eigenvalue weighted by Gasteiger charge is -2.01. The van der Waals surface area contributed by atoms with Crippen LogP contribution >= 0.6 is 0 Å². The van der Waals surface area contributed by atoms with Gasteiger partial charge in [-0.25, -0.2) is 0 Å². The quantitative estimate of drug-likeness (QED) is 0.613. The van der Waals surface area contributed by atoms with Gasteiger partial charge in [-0.15, -0.1) is 0 Å². The maximum atomic E-state index is 4.22. The lowest BCUT2D eigenvalue weighted by molar-refractivity contribution is 0.910. The van der Waals surface area contributed by atoms with Crippen LogP contribution in [0.2, 0.25) is 0 Å². The number of fused-ring (bicyclic) bond motifs is 1. The molecular formula is C11H13N. The van der Waals surface area contributed by atoms with E-state index in [1.807, 2.05) is 19.3 Å².